The van der Waals surface area contributed by atoms with Crippen molar-refractivity contribution in [2.45, 2.75) is 0 Å². The highest BCUT2D eigenvalue weighted by atomic mass is 19.1. The van der Waals surface area contributed by atoms with E-state index in [2.05, 4.69) is 27.6 Å². The highest BCUT2D eigenvalue weighted by molar-refractivity contribution is 5.95. The monoisotopic (exact) mass is 357 g/mol. The van der Waals surface area contributed by atoms with Crippen LogP contribution in [0.4, 0.5) is 15.8 Å². The molecule has 3 aromatic rings. The zero-order valence-electron chi connectivity index (χ0n) is 14.3. The molecule has 0 atom stereocenters. The highest BCUT2D eigenvalue weighted by Crippen LogP contribution is 2.17. The molecule has 0 heterocycles. The molecule has 0 aliphatic carbocycles. The maximum absolute atomic E-state index is 13.0. The van der Waals surface area contributed by atoms with Gasteiger partial charge in [-0.1, -0.05) is 29.2 Å². The molecule has 0 aliphatic rings. The summed E-state index contributed by atoms with van der Waals surface area (Å²) in [6.45, 7) is 0. The van der Waals surface area contributed by atoms with Gasteiger partial charge in [-0.15, -0.1) is 5.11 Å². The number of anilines is 1. The van der Waals surface area contributed by atoms with Crippen LogP contribution in [0.2, 0.25) is 0 Å². The maximum atomic E-state index is 13.0. The lowest BCUT2D eigenvalue weighted by Crippen LogP contribution is -2.10. The minimum absolute atomic E-state index is 0.00488. The summed E-state index contributed by atoms with van der Waals surface area (Å²) in [5.41, 5.74) is 11.7. The van der Waals surface area contributed by atoms with Crippen LogP contribution in [0.25, 0.3) is 0 Å². The standard InChI is InChI=1S/C21H16FN5/c22-18-11-6-15(7-12-18)5-8-16-3-1-2-4-20(16)26-27-25-19-13-9-17(10-14-19)21(23)24/h1-4,6-7,9-14H,(H3,23,24)(H,25,26). The van der Waals surface area contributed by atoms with Crippen molar-refractivity contribution >= 4 is 17.2 Å². The zero-order valence-corrected chi connectivity index (χ0v) is 14.3. The number of hydrogen-bond donors (Lipinski definition) is 3. The summed E-state index contributed by atoms with van der Waals surface area (Å²) in [4.78, 5) is 0. The van der Waals surface area contributed by atoms with Crippen molar-refractivity contribution in [3.8, 4) is 11.8 Å². The summed E-state index contributed by atoms with van der Waals surface area (Å²) >= 11 is 0. The molecule has 132 valence electrons. The predicted octanol–water partition coefficient (Wildman–Crippen LogP) is 4.62. The van der Waals surface area contributed by atoms with E-state index in [1.54, 1.807) is 36.4 Å². The molecule has 0 saturated heterocycles. The largest absolute Gasteiger partial charge is 0.384 e. The van der Waals surface area contributed by atoms with E-state index in [1.807, 2.05) is 24.3 Å². The van der Waals surface area contributed by atoms with Crippen LogP contribution in [-0.2, 0) is 0 Å². The van der Waals surface area contributed by atoms with E-state index in [1.165, 1.54) is 12.1 Å². The van der Waals surface area contributed by atoms with Crippen LogP contribution in [0.3, 0.4) is 0 Å². The number of rotatable bonds is 4. The number of nitrogens with one attached hydrogen (secondary N) is 2. The average Bonchev–Trinajstić information content (AvgIpc) is 2.69. The normalized spacial score (nSPS) is 10.3. The van der Waals surface area contributed by atoms with Crippen molar-refractivity contribution in [2.75, 3.05) is 5.43 Å². The Kier molecular flexibility index (Phi) is 5.55. The molecule has 0 amide bonds. The van der Waals surface area contributed by atoms with Crippen LogP contribution in [-0.4, -0.2) is 5.84 Å². The van der Waals surface area contributed by atoms with E-state index in [4.69, 9.17) is 11.1 Å². The summed E-state index contributed by atoms with van der Waals surface area (Å²) in [7, 11) is 0. The number of nitrogens with zero attached hydrogens (tertiary/aromatic N) is 2. The SMILES string of the molecule is N=C(N)c1ccc(/N=N/Nc2ccccc2C#Cc2ccc(F)cc2)cc1. The van der Waals surface area contributed by atoms with E-state index >= 15 is 0 Å². The van der Waals surface area contributed by atoms with Gasteiger partial charge in [-0.3, -0.25) is 10.8 Å². The van der Waals surface area contributed by atoms with Crippen LogP contribution in [0.5, 0.6) is 0 Å². The highest BCUT2D eigenvalue weighted by Gasteiger charge is 1.98. The number of hydrogen-bond acceptors (Lipinski definition) is 3. The Labute approximate surface area is 156 Å². The van der Waals surface area contributed by atoms with Gasteiger partial charge >= 0.3 is 0 Å². The first kappa shape index (κ1) is 17.8. The zero-order chi connectivity index (χ0) is 19.1. The van der Waals surface area contributed by atoms with Gasteiger partial charge in [0.15, 0.2) is 0 Å². The fraction of sp³-hybridized carbons (Fsp3) is 0. The van der Waals surface area contributed by atoms with Gasteiger partial charge in [-0.05, 0) is 60.7 Å². The molecule has 3 rings (SSSR count). The summed E-state index contributed by atoms with van der Waals surface area (Å²) in [5.74, 6) is 5.75. The van der Waals surface area contributed by atoms with Crippen molar-refractivity contribution in [2.24, 2.45) is 16.1 Å². The van der Waals surface area contributed by atoms with E-state index in [0.29, 0.717) is 16.9 Å². The Morgan fingerprint density at radius 1 is 0.926 bits per heavy atom. The molecule has 0 aromatic heterocycles. The Hall–Kier alpha value is -3.98. The second-order valence-electron chi connectivity index (χ2n) is 5.57. The third-order valence-electron chi connectivity index (χ3n) is 3.63. The lowest BCUT2D eigenvalue weighted by atomic mass is 10.1. The Morgan fingerprint density at radius 3 is 2.33 bits per heavy atom. The second-order valence-corrected chi connectivity index (χ2v) is 5.57. The molecule has 4 N–H and O–H groups in total. The van der Waals surface area contributed by atoms with Crippen LogP contribution < -0.4 is 11.2 Å². The lowest BCUT2D eigenvalue weighted by Gasteiger charge is -2.02. The van der Waals surface area contributed by atoms with E-state index in [9.17, 15) is 4.39 Å². The van der Waals surface area contributed by atoms with Crippen LogP contribution in [0, 0.1) is 23.1 Å². The molecule has 5 nitrogen and oxygen atoms in total. The van der Waals surface area contributed by atoms with Gasteiger partial charge in [0.05, 0.1) is 11.4 Å². The quantitative estimate of drug-likeness (QED) is 0.209. The van der Waals surface area contributed by atoms with Crippen LogP contribution in [0.15, 0.2) is 83.1 Å². The van der Waals surface area contributed by atoms with Crippen molar-refractivity contribution in [1.29, 1.82) is 5.41 Å². The van der Waals surface area contributed by atoms with Gasteiger partial charge in [0, 0.05) is 16.7 Å². The average molecular weight is 357 g/mol. The minimum atomic E-state index is -0.292. The van der Waals surface area contributed by atoms with Crippen LogP contribution in [0.1, 0.15) is 16.7 Å². The number of nitrogen functional groups attached to an aromatic ring is 1. The van der Waals surface area contributed by atoms with Crippen molar-refractivity contribution in [1.82, 2.24) is 0 Å². The van der Waals surface area contributed by atoms with E-state index in [-0.39, 0.29) is 11.7 Å². The molecule has 0 unspecified atom stereocenters. The fourth-order valence-electron chi connectivity index (χ4n) is 2.21. The molecular formula is C21H16FN5. The van der Waals surface area contributed by atoms with Crippen molar-refractivity contribution in [3.05, 3.63) is 95.3 Å². The Balaban J connectivity index is 1.72. The van der Waals surface area contributed by atoms with Gasteiger partial charge in [0.2, 0.25) is 0 Å². The molecule has 6 heteroatoms. The Morgan fingerprint density at radius 2 is 1.63 bits per heavy atom. The Bertz CT molecular complexity index is 1030. The van der Waals surface area contributed by atoms with E-state index in [0.717, 1.165) is 11.1 Å². The number of benzene rings is 3. The summed E-state index contributed by atoms with van der Waals surface area (Å²) < 4.78 is 13.0. The first-order valence-electron chi connectivity index (χ1n) is 8.09. The molecule has 0 radical (unpaired) electrons. The molecular weight excluding hydrogens is 341 g/mol. The van der Waals surface area contributed by atoms with Crippen molar-refractivity contribution in [3.63, 3.8) is 0 Å². The molecule has 0 fully saturated rings. The van der Waals surface area contributed by atoms with Crippen molar-refractivity contribution < 1.29 is 4.39 Å². The summed E-state index contributed by atoms with van der Waals surface area (Å²) in [6.07, 6.45) is 0. The maximum Gasteiger partial charge on any atom is 0.123 e. The predicted molar refractivity (Wildman–Crippen MR) is 104 cm³/mol. The van der Waals surface area contributed by atoms with Gasteiger partial charge in [0.25, 0.3) is 0 Å². The first-order chi connectivity index (χ1) is 13.1. The van der Waals surface area contributed by atoms with Crippen LogP contribution >= 0.6 is 0 Å². The number of para-hydroxylation sites is 1. The van der Waals surface area contributed by atoms with Gasteiger partial charge < -0.3 is 5.73 Å². The third-order valence-corrected chi connectivity index (χ3v) is 3.63. The molecule has 3 aromatic carbocycles. The van der Waals surface area contributed by atoms with Gasteiger partial charge in [-0.25, -0.2) is 4.39 Å². The van der Waals surface area contributed by atoms with Gasteiger partial charge in [-0.2, -0.15) is 0 Å². The third kappa shape index (κ3) is 5.00. The lowest BCUT2D eigenvalue weighted by molar-refractivity contribution is 0.627. The molecule has 27 heavy (non-hydrogen) atoms. The van der Waals surface area contributed by atoms with E-state index < -0.39 is 0 Å². The van der Waals surface area contributed by atoms with Gasteiger partial charge in [0.1, 0.15) is 11.7 Å². The molecule has 0 saturated carbocycles. The smallest absolute Gasteiger partial charge is 0.123 e. The number of amidine groups is 1. The topological polar surface area (TPSA) is 86.6 Å². The molecule has 0 bridgehead atoms. The molecule has 0 spiro atoms. The summed E-state index contributed by atoms with van der Waals surface area (Å²) in [5, 5.41) is 15.4. The minimum Gasteiger partial charge on any atom is -0.384 e. The fourth-order valence-corrected chi connectivity index (χ4v) is 2.21. The number of nitrogens with two attached hydrogens (primary N) is 1. The number of halogens is 1. The summed E-state index contributed by atoms with van der Waals surface area (Å²) in [6, 6.07) is 20.3. The molecule has 0 aliphatic heterocycles. The first-order valence-corrected chi connectivity index (χ1v) is 8.09. The second kappa shape index (κ2) is 8.41.